The van der Waals surface area contributed by atoms with Gasteiger partial charge < -0.3 is 15.8 Å². The van der Waals surface area contributed by atoms with Gasteiger partial charge in [0.15, 0.2) is 0 Å². The van der Waals surface area contributed by atoms with Crippen LogP contribution in [0.15, 0.2) is 17.5 Å². The van der Waals surface area contributed by atoms with E-state index in [0.717, 1.165) is 4.88 Å². The van der Waals surface area contributed by atoms with Crippen molar-refractivity contribution in [2.24, 2.45) is 11.7 Å². The van der Waals surface area contributed by atoms with E-state index in [1.54, 1.807) is 0 Å². The molecule has 1 aromatic heterocycles. The van der Waals surface area contributed by atoms with Crippen molar-refractivity contribution in [1.29, 1.82) is 0 Å². The number of nitrogens with one attached hydrogen (secondary N) is 1. The van der Waals surface area contributed by atoms with E-state index >= 15 is 0 Å². The van der Waals surface area contributed by atoms with Crippen LogP contribution in [-0.2, 0) is 9.53 Å². The zero-order chi connectivity index (χ0) is 13.5. The molecule has 2 atom stereocenters. The Morgan fingerprint density at radius 3 is 2.78 bits per heavy atom. The zero-order valence-electron chi connectivity index (χ0n) is 11.2. The van der Waals surface area contributed by atoms with Crippen LogP contribution in [0, 0.1) is 5.92 Å². The Morgan fingerprint density at radius 2 is 2.28 bits per heavy atom. The lowest BCUT2D eigenvalue weighted by molar-refractivity contribution is -0.124. The lowest BCUT2D eigenvalue weighted by Gasteiger charge is -2.23. The SMILES string of the molecule is CCOCC(NC(=O)C(N)c1cccs1)C(C)C. The van der Waals surface area contributed by atoms with Crippen molar-refractivity contribution in [2.45, 2.75) is 32.9 Å². The minimum Gasteiger partial charge on any atom is -0.380 e. The lowest BCUT2D eigenvalue weighted by atomic mass is 10.0. The average Bonchev–Trinajstić information content (AvgIpc) is 2.86. The van der Waals surface area contributed by atoms with Crippen LogP contribution in [0.1, 0.15) is 31.7 Å². The highest BCUT2D eigenvalue weighted by atomic mass is 32.1. The van der Waals surface area contributed by atoms with Crippen molar-refractivity contribution in [3.63, 3.8) is 0 Å². The number of hydrogen-bond acceptors (Lipinski definition) is 4. The number of ether oxygens (including phenoxy) is 1. The summed E-state index contributed by atoms with van der Waals surface area (Å²) in [6.45, 7) is 7.23. The molecule has 0 radical (unpaired) electrons. The Bertz CT molecular complexity index is 352. The number of rotatable bonds is 7. The molecule has 102 valence electrons. The van der Waals surface area contributed by atoms with Gasteiger partial charge in [-0.1, -0.05) is 19.9 Å². The second-order valence-electron chi connectivity index (χ2n) is 4.51. The second kappa shape index (κ2) is 7.51. The summed E-state index contributed by atoms with van der Waals surface area (Å²) in [6, 6.07) is 3.19. The Kier molecular flexibility index (Phi) is 6.32. The smallest absolute Gasteiger partial charge is 0.242 e. The third-order valence-electron chi connectivity index (χ3n) is 2.77. The fourth-order valence-electron chi connectivity index (χ4n) is 1.52. The molecule has 0 aliphatic rings. The predicted octanol–water partition coefficient (Wildman–Crippen LogP) is 1.93. The van der Waals surface area contributed by atoms with Gasteiger partial charge in [0.05, 0.1) is 12.6 Å². The Morgan fingerprint density at radius 1 is 1.56 bits per heavy atom. The van der Waals surface area contributed by atoms with Crippen molar-refractivity contribution in [3.05, 3.63) is 22.4 Å². The van der Waals surface area contributed by atoms with Gasteiger partial charge >= 0.3 is 0 Å². The molecule has 0 aliphatic heterocycles. The van der Waals surface area contributed by atoms with E-state index in [2.05, 4.69) is 19.2 Å². The van der Waals surface area contributed by atoms with Crippen molar-refractivity contribution in [1.82, 2.24) is 5.32 Å². The Labute approximate surface area is 113 Å². The molecule has 1 rings (SSSR count). The minimum atomic E-state index is -0.590. The summed E-state index contributed by atoms with van der Waals surface area (Å²) >= 11 is 1.50. The molecule has 0 saturated carbocycles. The van der Waals surface area contributed by atoms with E-state index in [1.807, 2.05) is 24.4 Å². The van der Waals surface area contributed by atoms with Crippen LogP contribution in [0.25, 0.3) is 0 Å². The average molecular weight is 270 g/mol. The van der Waals surface area contributed by atoms with Crippen molar-refractivity contribution >= 4 is 17.2 Å². The van der Waals surface area contributed by atoms with E-state index in [1.165, 1.54) is 11.3 Å². The van der Waals surface area contributed by atoms with Gasteiger partial charge in [0.1, 0.15) is 6.04 Å². The third kappa shape index (κ3) is 4.40. The van der Waals surface area contributed by atoms with Gasteiger partial charge in [-0.15, -0.1) is 11.3 Å². The third-order valence-corrected chi connectivity index (χ3v) is 3.72. The van der Waals surface area contributed by atoms with E-state index in [9.17, 15) is 4.79 Å². The molecule has 0 fully saturated rings. The summed E-state index contributed by atoms with van der Waals surface area (Å²) < 4.78 is 5.38. The van der Waals surface area contributed by atoms with Crippen LogP contribution in [0.4, 0.5) is 0 Å². The van der Waals surface area contributed by atoms with Crippen LogP contribution in [0.5, 0.6) is 0 Å². The van der Waals surface area contributed by atoms with Crippen LogP contribution in [0.3, 0.4) is 0 Å². The van der Waals surface area contributed by atoms with Gasteiger partial charge in [0, 0.05) is 11.5 Å². The van der Waals surface area contributed by atoms with E-state index in [0.29, 0.717) is 19.1 Å². The van der Waals surface area contributed by atoms with Gasteiger partial charge in [0.2, 0.25) is 5.91 Å². The van der Waals surface area contributed by atoms with Crippen LogP contribution < -0.4 is 11.1 Å². The number of carbonyl (C=O) groups excluding carboxylic acids is 1. The topological polar surface area (TPSA) is 64.3 Å². The number of nitrogens with two attached hydrogens (primary N) is 1. The van der Waals surface area contributed by atoms with E-state index < -0.39 is 6.04 Å². The molecule has 18 heavy (non-hydrogen) atoms. The molecule has 1 heterocycles. The highest BCUT2D eigenvalue weighted by Crippen LogP contribution is 2.17. The first-order valence-corrected chi connectivity index (χ1v) is 7.11. The fourth-order valence-corrected chi connectivity index (χ4v) is 2.24. The molecular formula is C13H22N2O2S. The lowest BCUT2D eigenvalue weighted by Crippen LogP contribution is -2.45. The maximum absolute atomic E-state index is 12.0. The molecule has 0 aliphatic carbocycles. The van der Waals surface area contributed by atoms with Crippen LogP contribution in [0.2, 0.25) is 0 Å². The Hall–Kier alpha value is -0.910. The summed E-state index contributed by atoms with van der Waals surface area (Å²) in [5.74, 6) is 0.173. The predicted molar refractivity (Wildman–Crippen MR) is 74.5 cm³/mol. The summed E-state index contributed by atoms with van der Waals surface area (Å²) in [5, 5.41) is 4.88. The monoisotopic (exact) mass is 270 g/mol. The van der Waals surface area contributed by atoms with Gasteiger partial charge in [-0.3, -0.25) is 4.79 Å². The van der Waals surface area contributed by atoms with Gasteiger partial charge in [-0.2, -0.15) is 0 Å². The maximum atomic E-state index is 12.0. The molecule has 3 N–H and O–H groups in total. The number of amides is 1. The fraction of sp³-hybridized carbons (Fsp3) is 0.615. The first-order valence-electron chi connectivity index (χ1n) is 6.23. The zero-order valence-corrected chi connectivity index (χ0v) is 12.0. The van der Waals surface area contributed by atoms with Gasteiger partial charge in [-0.05, 0) is 24.3 Å². The van der Waals surface area contributed by atoms with Gasteiger partial charge in [-0.25, -0.2) is 0 Å². The molecule has 0 saturated heterocycles. The Balaban J connectivity index is 2.55. The standard InChI is InChI=1S/C13H22N2O2S/c1-4-17-8-10(9(2)3)15-13(16)12(14)11-6-5-7-18-11/h5-7,9-10,12H,4,8,14H2,1-3H3,(H,15,16). The molecular weight excluding hydrogens is 248 g/mol. The van der Waals surface area contributed by atoms with Gasteiger partial charge in [0.25, 0.3) is 0 Å². The minimum absolute atomic E-state index is 0.00321. The summed E-state index contributed by atoms with van der Waals surface area (Å²) in [7, 11) is 0. The first kappa shape index (κ1) is 15.1. The second-order valence-corrected chi connectivity index (χ2v) is 5.49. The van der Waals surface area contributed by atoms with E-state index in [4.69, 9.17) is 10.5 Å². The first-order chi connectivity index (χ1) is 8.56. The largest absolute Gasteiger partial charge is 0.380 e. The molecule has 0 aromatic carbocycles. The molecule has 0 bridgehead atoms. The number of thiophene rings is 1. The van der Waals surface area contributed by atoms with Crippen molar-refractivity contribution in [3.8, 4) is 0 Å². The highest BCUT2D eigenvalue weighted by molar-refractivity contribution is 7.10. The highest BCUT2D eigenvalue weighted by Gasteiger charge is 2.22. The summed E-state index contributed by atoms with van der Waals surface area (Å²) in [5.41, 5.74) is 5.92. The maximum Gasteiger partial charge on any atom is 0.242 e. The molecule has 1 aromatic rings. The number of hydrogen-bond donors (Lipinski definition) is 2. The van der Waals surface area contributed by atoms with Crippen LogP contribution in [-0.4, -0.2) is 25.2 Å². The normalized spacial score (nSPS) is 14.5. The van der Waals surface area contributed by atoms with Crippen LogP contribution >= 0.6 is 11.3 Å². The van der Waals surface area contributed by atoms with E-state index in [-0.39, 0.29) is 11.9 Å². The number of carbonyl (C=O) groups is 1. The molecule has 4 nitrogen and oxygen atoms in total. The summed E-state index contributed by atoms with van der Waals surface area (Å²) in [4.78, 5) is 12.9. The molecule has 0 spiro atoms. The molecule has 1 amide bonds. The summed E-state index contributed by atoms with van der Waals surface area (Å²) in [6.07, 6.45) is 0. The molecule has 2 unspecified atom stereocenters. The van der Waals surface area contributed by atoms with Crippen molar-refractivity contribution < 1.29 is 9.53 Å². The quantitative estimate of drug-likeness (QED) is 0.795. The van der Waals surface area contributed by atoms with Crippen molar-refractivity contribution in [2.75, 3.05) is 13.2 Å². The molecule has 5 heteroatoms.